The van der Waals surface area contributed by atoms with Gasteiger partial charge in [0.15, 0.2) is 0 Å². The molecular formula is C18H27NO5. The van der Waals surface area contributed by atoms with Gasteiger partial charge in [-0.05, 0) is 25.0 Å². The first-order valence-corrected chi connectivity index (χ1v) is 8.43. The molecule has 0 fully saturated rings. The maximum atomic E-state index is 12.0. The summed E-state index contributed by atoms with van der Waals surface area (Å²) >= 11 is 0. The van der Waals surface area contributed by atoms with Crippen LogP contribution in [0, 0.1) is 0 Å². The molecule has 0 bridgehead atoms. The molecule has 0 amide bonds. The zero-order valence-corrected chi connectivity index (χ0v) is 14.3. The quantitative estimate of drug-likeness (QED) is 0.507. The van der Waals surface area contributed by atoms with Crippen molar-refractivity contribution in [1.82, 2.24) is 5.32 Å². The molecule has 0 saturated heterocycles. The summed E-state index contributed by atoms with van der Waals surface area (Å²) in [5.74, 6) is -1.88. The zero-order valence-electron chi connectivity index (χ0n) is 14.3. The number of carbonyl (C=O) groups is 2. The third-order valence-electron chi connectivity index (χ3n) is 3.81. The predicted octanol–water partition coefficient (Wildman–Crippen LogP) is 3.27. The second-order valence-corrected chi connectivity index (χ2v) is 5.83. The zero-order chi connectivity index (χ0) is 18.0. The minimum Gasteiger partial charge on any atom is -0.480 e. The van der Waals surface area contributed by atoms with Crippen LogP contribution in [0.1, 0.15) is 52.4 Å². The van der Waals surface area contributed by atoms with Gasteiger partial charge in [-0.1, -0.05) is 51.3 Å². The molecule has 2 atom stereocenters. The summed E-state index contributed by atoms with van der Waals surface area (Å²) in [6, 6.07) is 7.64. The average molecular weight is 337 g/mol. The maximum Gasteiger partial charge on any atom is 0.363 e. The molecule has 0 aliphatic rings. The molecule has 0 spiro atoms. The Balaban J connectivity index is 3.08. The lowest BCUT2D eigenvalue weighted by molar-refractivity contribution is -0.162. The highest BCUT2D eigenvalue weighted by Crippen LogP contribution is 2.23. The Kier molecular flexibility index (Phi) is 8.26. The summed E-state index contributed by atoms with van der Waals surface area (Å²) in [6.45, 7) is 3.90. The molecular weight excluding hydrogens is 310 g/mol. The predicted molar refractivity (Wildman–Crippen MR) is 91.0 cm³/mol. The van der Waals surface area contributed by atoms with E-state index in [0.29, 0.717) is 25.0 Å². The maximum absolute atomic E-state index is 12.0. The molecule has 0 radical (unpaired) electrons. The Morgan fingerprint density at radius 2 is 1.75 bits per heavy atom. The van der Waals surface area contributed by atoms with E-state index in [1.54, 1.807) is 30.3 Å². The lowest BCUT2D eigenvalue weighted by atomic mass is 10.0. The number of rotatable bonds is 12. The van der Waals surface area contributed by atoms with Gasteiger partial charge >= 0.3 is 11.9 Å². The summed E-state index contributed by atoms with van der Waals surface area (Å²) in [6.07, 6.45) is 3.45. The number of nitrogens with one attached hydrogen (secondary N) is 1. The molecule has 24 heavy (non-hydrogen) atoms. The van der Waals surface area contributed by atoms with Crippen LogP contribution in [0.25, 0.3) is 0 Å². The first kappa shape index (κ1) is 20.0. The number of aliphatic carboxylic acids is 2. The smallest absolute Gasteiger partial charge is 0.363 e. The van der Waals surface area contributed by atoms with Gasteiger partial charge in [0.05, 0.1) is 0 Å². The van der Waals surface area contributed by atoms with E-state index < -0.39 is 23.7 Å². The van der Waals surface area contributed by atoms with Gasteiger partial charge in [-0.15, -0.1) is 0 Å². The summed E-state index contributed by atoms with van der Waals surface area (Å²) < 4.78 is 5.75. The van der Waals surface area contributed by atoms with Gasteiger partial charge in [0.1, 0.15) is 11.8 Å². The highest BCUT2D eigenvalue weighted by molar-refractivity contribution is 5.80. The molecule has 134 valence electrons. The van der Waals surface area contributed by atoms with E-state index in [9.17, 15) is 19.8 Å². The van der Waals surface area contributed by atoms with E-state index in [1.165, 1.54) is 0 Å². The number of hydrogen-bond acceptors (Lipinski definition) is 4. The van der Waals surface area contributed by atoms with Crippen LogP contribution in [0.2, 0.25) is 0 Å². The van der Waals surface area contributed by atoms with E-state index in [4.69, 9.17) is 4.74 Å². The Hall–Kier alpha value is -2.08. The molecule has 6 nitrogen and oxygen atoms in total. The Morgan fingerprint density at radius 3 is 2.25 bits per heavy atom. The fourth-order valence-corrected chi connectivity index (χ4v) is 2.43. The van der Waals surface area contributed by atoms with Crippen LogP contribution in [0.5, 0.6) is 5.75 Å². The van der Waals surface area contributed by atoms with Crippen LogP contribution in [0.4, 0.5) is 0 Å². The lowest BCUT2D eigenvalue weighted by Crippen LogP contribution is -2.61. The number of carboxylic acid groups (broad SMARTS) is 2. The largest absolute Gasteiger partial charge is 0.480 e. The van der Waals surface area contributed by atoms with Crippen molar-refractivity contribution >= 4 is 11.9 Å². The van der Waals surface area contributed by atoms with E-state index >= 15 is 0 Å². The van der Waals surface area contributed by atoms with Gasteiger partial charge in [-0.25, -0.2) is 4.79 Å². The topological polar surface area (TPSA) is 95.9 Å². The second kappa shape index (κ2) is 9.93. The van der Waals surface area contributed by atoms with E-state index in [0.717, 1.165) is 12.8 Å². The molecule has 0 aromatic heterocycles. The fraction of sp³-hybridized carbons (Fsp3) is 0.556. The minimum atomic E-state index is -1.76. The monoisotopic (exact) mass is 337 g/mol. The number of hydrogen-bond donors (Lipinski definition) is 3. The molecule has 1 aromatic carbocycles. The highest BCUT2D eigenvalue weighted by atomic mass is 16.5. The number of carboxylic acids is 2. The van der Waals surface area contributed by atoms with Crippen molar-refractivity contribution in [3.8, 4) is 5.75 Å². The van der Waals surface area contributed by atoms with Crippen molar-refractivity contribution in [2.24, 2.45) is 0 Å². The van der Waals surface area contributed by atoms with Gasteiger partial charge in [0.2, 0.25) is 0 Å². The molecule has 0 saturated carbocycles. The van der Waals surface area contributed by atoms with Crippen molar-refractivity contribution in [2.45, 2.75) is 64.1 Å². The van der Waals surface area contributed by atoms with Crippen molar-refractivity contribution in [2.75, 3.05) is 0 Å². The average Bonchev–Trinajstić information content (AvgIpc) is 2.56. The summed E-state index contributed by atoms with van der Waals surface area (Å²) in [7, 11) is 0. The second-order valence-electron chi connectivity index (χ2n) is 5.83. The van der Waals surface area contributed by atoms with Crippen LogP contribution < -0.4 is 10.1 Å². The van der Waals surface area contributed by atoms with Crippen molar-refractivity contribution in [3.63, 3.8) is 0 Å². The van der Waals surface area contributed by atoms with Gasteiger partial charge < -0.3 is 14.9 Å². The van der Waals surface area contributed by atoms with Gasteiger partial charge in [0, 0.05) is 6.42 Å². The van der Waals surface area contributed by atoms with Crippen LogP contribution >= 0.6 is 0 Å². The molecule has 0 heterocycles. The highest BCUT2D eigenvalue weighted by Gasteiger charge is 2.43. The third kappa shape index (κ3) is 5.85. The Morgan fingerprint density at radius 1 is 1.12 bits per heavy atom. The van der Waals surface area contributed by atoms with Crippen LogP contribution in [0.15, 0.2) is 30.3 Å². The number of benzene rings is 1. The van der Waals surface area contributed by atoms with Gasteiger partial charge in [-0.3, -0.25) is 10.1 Å². The summed E-state index contributed by atoms with van der Waals surface area (Å²) in [5, 5.41) is 22.0. The molecule has 6 heteroatoms. The van der Waals surface area contributed by atoms with E-state index in [1.807, 2.05) is 13.8 Å². The van der Waals surface area contributed by atoms with Crippen molar-refractivity contribution in [3.05, 3.63) is 30.3 Å². The first-order valence-electron chi connectivity index (χ1n) is 8.43. The molecule has 2 unspecified atom stereocenters. The summed E-state index contributed by atoms with van der Waals surface area (Å²) in [4.78, 5) is 23.5. The molecule has 1 rings (SSSR count). The molecule has 3 N–H and O–H groups in total. The fourth-order valence-electron chi connectivity index (χ4n) is 2.43. The van der Waals surface area contributed by atoms with Crippen LogP contribution in [-0.4, -0.2) is 33.9 Å². The standard InChI is InChI=1S/C18H27NO5/c1-3-5-12-15(16(20)21)19-18(17(22)23,13-6-4-2)24-14-10-8-7-9-11-14/h7-11,15,19H,3-6,12-13H2,1-2H3,(H,20,21)(H,22,23). The first-order chi connectivity index (χ1) is 11.4. The number of unbranched alkanes of at least 4 members (excludes halogenated alkanes) is 2. The normalized spacial score (nSPS) is 14.6. The number of ether oxygens (including phenoxy) is 1. The van der Waals surface area contributed by atoms with Crippen LogP contribution in [0.3, 0.4) is 0 Å². The number of para-hydroxylation sites is 1. The SMILES string of the molecule is CCCCC(NC(CCCC)(Oc1ccccc1)C(=O)O)C(=O)O. The van der Waals surface area contributed by atoms with E-state index in [-0.39, 0.29) is 6.42 Å². The third-order valence-corrected chi connectivity index (χ3v) is 3.81. The Bertz CT molecular complexity index is 519. The van der Waals surface area contributed by atoms with Gasteiger partial charge in [-0.2, -0.15) is 0 Å². The summed E-state index contributed by atoms with van der Waals surface area (Å²) in [5.41, 5.74) is -1.76. The van der Waals surface area contributed by atoms with E-state index in [2.05, 4.69) is 5.32 Å². The molecule has 0 aliphatic carbocycles. The molecule has 0 aliphatic heterocycles. The molecule has 1 aromatic rings. The van der Waals surface area contributed by atoms with Gasteiger partial charge in [0.25, 0.3) is 5.72 Å². The van der Waals surface area contributed by atoms with Crippen LogP contribution in [-0.2, 0) is 9.59 Å². The van der Waals surface area contributed by atoms with Crippen molar-refractivity contribution in [1.29, 1.82) is 0 Å². The van der Waals surface area contributed by atoms with Crippen molar-refractivity contribution < 1.29 is 24.5 Å². The lowest BCUT2D eigenvalue weighted by Gasteiger charge is -2.34. The minimum absolute atomic E-state index is 0.184. The Labute approximate surface area is 142 Å².